The van der Waals surface area contributed by atoms with Crippen LogP contribution < -0.4 is 0 Å². The van der Waals surface area contributed by atoms with E-state index < -0.39 is 0 Å². The zero-order valence-electron chi connectivity index (χ0n) is 11.1. The van der Waals surface area contributed by atoms with Crippen LogP contribution in [0, 0.1) is 5.82 Å². The molecule has 1 N–H and O–H groups in total. The molecule has 0 saturated heterocycles. The largest absolute Gasteiger partial charge is 0.506 e. The SMILES string of the molecule is Oc1ccc(F)cc1-n1c2ccccc2c2ccccc21. The molecule has 4 rings (SSSR count). The Balaban J connectivity index is 2.23. The van der Waals surface area contributed by atoms with Gasteiger partial charge in [0.25, 0.3) is 0 Å². The maximum absolute atomic E-state index is 13.6. The number of halogens is 1. The molecule has 0 unspecified atom stereocenters. The predicted molar refractivity (Wildman–Crippen MR) is 82.4 cm³/mol. The standard InChI is InChI=1S/C18H12FNO/c19-12-9-10-18(21)17(11-12)20-15-7-3-1-5-13(15)14-6-2-4-8-16(14)20/h1-11,21H. The Kier molecular flexibility index (Phi) is 2.48. The zero-order valence-corrected chi connectivity index (χ0v) is 11.1. The van der Waals surface area contributed by atoms with Crippen LogP contribution in [0.4, 0.5) is 4.39 Å². The van der Waals surface area contributed by atoms with E-state index in [1.165, 1.54) is 18.2 Å². The number of fused-ring (bicyclic) bond motifs is 3. The number of aromatic hydroxyl groups is 1. The van der Waals surface area contributed by atoms with Crippen molar-refractivity contribution in [2.75, 3.05) is 0 Å². The third kappa shape index (κ3) is 1.71. The summed E-state index contributed by atoms with van der Waals surface area (Å²) in [7, 11) is 0. The molecule has 0 saturated carbocycles. The van der Waals surface area contributed by atoms with Crippen LogP contribution in [0.25, 0.3) is 27.5 Å². The van der Waals surface area contributed by atoms with Crippen LogP contribution in [-0.4, -0.2) is 9.67 Å². The van der Waals surface area contributed by atoms with Crippen molar-refractivity contribution in [3.63, 3.8) is 0 Å². The van der Waals surface area contributed by atoms with Gasteiger partial charge < -0.3 is 9.67 Å². The first-order chi connectivity index (χ1) is 10.3. The van der Waals surface area contributed by atoms with Gasteiger partial charge in [0.05, 0.1) is 16.7 Å². The van der Waals surface area contributed by atoms with Gasteiger partial charge in [0.2, 0.25) is 0 Å². The molecule has 0 aliphatic rings. The number of phenols is 1. The topological polar surface area (TPSA) is 25.2 Å². The average molecular weight is 277 g/mol. The molecule has 1 aromatic heterocycles. The van der Waals surface area contributed by atoms with E-state index in [0.717, 1.165) is 21.8 Å². The van der Waals surface area contributed by atoms with Crippen molar-refractivity contribution in [1.82, 2.24) is 4.57 Å². The van der Waals surface area contributed by atoms with E-state index in [4.69, 9.17) is 0 Å². The number of phenolic OH excluding ortho intramolecular Hbond substituents is 1. The first-order valence-electron chi connectivity index (χ1n) is 6.73. The summed E-state index contributed by atoms with van der Waals surface area (Å²) < 4.78 is 15.5. The summed E-state index contributed by atoms with van der Waals surface area (Å²) in [6.07, 6.45) is 0. The van der Waals surface area contributed by atoms with E-state index in [-0.39, 0.29) is 11.6 Å². The van der Waals surface area contributed by atoms with Crippen molar-refractivity contribution in [2.45, 2.75) is 0 Å². The summed E-state index contributed by atoms with van der Waals surface area (Å²) in [5.74, 6) is -0.312. The number of benzene rings is 3. The van der Waals surface area contributed by atoms with Crippen LogP contribution in [0.2, 0.25) is 0 Å². The van der Waals surface area contributed by atoms with Crippen molar-refractivity contribution >= 4 is 21.8 Å². The fourth-order valence-corrected chi connectivity index (χ4v) is 2.86. The number of nitrogens with zero attached hydrogens (tertiary/aromatic N) is 1. The Labute approximate surface area is 120 Å². The lowest BCUT2D eigenvalue weighted by Crippen LogP contribution is -1.95. The number of rotatable bonds is 1. The Morgan fingerprint density at radius 2 is 1.33 bits per heavy atom. The molecule has 21 heavy (non-hydrogen) atoms. The Morgan fingerprint density at radius 3 is 1.95 bits per heavy atom. The summed E-state index contributed by atoms with van der Waals surface area (Å²) in [5, 5.41) is 12.3. The van der Waals surface area contributed by atoms with Crippen molar-refractivity contribution in [2.24, 2.45) is 0 Å². The van der Waals surface area contributed by atoms with Gasteiger partial charge in [-0.25, -0.2) is 4.39 Å². The molecule has 3 aromatic carbocycles. The lowest BCUT2D eigenvalue weighted by atomic mass is 10.2. The van der Waals surface area contributed by atoms with Gasteiger partial charge in [-0.3, -0.25) is 0 Å². The molecule has 0 aliphatic heterocycles. The lowest BCUT2D eigenvalue weighted by molar-refractivity contribution is 0.471. The summed E-state index contributed by atoms with van der Waals surface area (Å²) in [5.41, 5.74) is 2.34. The van der Waals surface area contributed by atoms with Gasteiger partial charge in [-0.05, 0) is 24.3 Å². The van der Waals surface area contributed by atoms with E-state index in [0.29, 0.717) is 5.69 Å². The van der Waals surface area contributed by atoms with Gasteiger partial charge in [-0.2, -0.15) is 0 Å². The van der Waals surface area contributed by atoms with Crippen molar-refractivity contribution in [3.8, 4) is 11.4 Å². The van der Waals surface area contributed by atoms with Gasteiger partial charge in [-0.1, -0.05) is 36.4 Å². The second-order valence-corrected chi connectivity index (χ2v) is 5.00. The van der Waals surface area contributed by atoms with Crippen LogP contribution in [0.5, 0.6) is 5.75 Å². The first kappa shape index (κ1) is 12.0. The van der Waals surface area contributed by atoms with Crippen molar-refractivity contribution in [3.05, 3.63) is 72.5 Å². The molecule has 3 heteroatoms. The molecule has 0 radical (unpaired) electrons. The van der Waals surface area contributed by atoms with E-state index >= 15 is 0 Å². The van der Waals surface area contributed by atoms with Gasteiger partial charge in [0.15, 0.2) is 0 Å². The highest BCUT2D eigenvalue weighted by molar-refractivity contribution is 6.09. The summed E-state index contributed by atoms with van der Waals surface area (Å²) in [6, 6.07) is 19.8. The highest BCUT2D eigenvalue weighted by atomic mass is 19.1. The fourth-order valence-electron chi connectivity index (χ4n) is 2.86. The second-order valence-electron chi connectivity index (χ2n) is 5.00. The number of hydrogen-bond donors (Lipinski definition) is 1. The van der Waals surface area contributed by atoms with Gasteiger partial charge >= 0.3 is 0 Å². The van der Waals surface area contributed by atoms with Crippen LogP contribution >= 0.6 is 0 Å². The molecule has 4 aromatic rings. The van der Waals surface area contributed by atoms with E-state index in [9.17, 15) is 9.50 Å². The van der Waals surface area contributed by atoms with Crippen LogP contribution in [0.15, 0.2) is 66.7 Å². The smallest absolute Gasteiger partial charge is 0.139 e. The second kappa shape index (κ2) is 4.35. The molecule has 0 spiro atoms. The molecular formula is C18H12FNO. The molecule has 0 atom stereocenters. The molecule has 0 bridgehead atoms. The van der Waals surface area contributed by atoms with Crippen molar-refractivity contribution < 1.29 is 9.50 Å². The third-order valence-electron chi connectivity index (χ3n) is 3.76. The highest BCUT2D eigenvalue weighted by Gasteiger charge is 2.14. The fraction of sp³-hybridized carbons (Fsp3) is 0. The molecule has 102 valence electrons. The minimum atomic E-state index is -0.371. The molecular weight excluding hydrogens is 265 g/mol. The maximum atomic E-state index is 13.6. The Hall–Kier alpha value is -2.81. The minimum Gasteiger partial charge on any atom is -0.506 e. The summed E-state index contributed by atoms with van der Waals surface area (Å²) >= 11 is 0. The lowest BCUT2D eigenvalue weighted by Gasteiger charge is -2.09. The minimum absolute atomic E-state index is 0.0582. The maximum Gasteiger partial charge on any atom is 0.139 e. The summed E-state index contributed by atoms with van der Waals surface area (Å²) in [6.45, 7) is 0. The van der Waals surface area contributed by atoms with Crippen LogP contribution in [0.3, 0.4) is 0 Å². The van der Waals surface area contributed by atoms with Gasteiger partial charge in [-0.15, -0.1) is 0 Å². The van der Waals surface area contributed by atoms with E-state index in [1.807, 2.05) is 53.1 Å². The molecule has 0 amide bonds. The van der Waals surface area contributed by atoms with Gasteiger partial charge in [0, 0.05) is 16.8 Å². The highest BCUT2D eigenvalue weighted by Crippen LogP contribution is 2.34. The number of hydrogen-bond acceptors (Lipinski definition) is 1. The monoisotopic (exact) mass is 277 g/mol. The predicted octanol–water partition coefficient (Wildman–Crippen LogP) is 4.63. The van der Waals surface area contributed by atoms with Crippen molar-refractivity contribution in [1.29, 1.82) is 0 Å². The quantitative estimate of drug-likeness (QED) is 0.539. The number of aromatic nitrogens is 1. The molecule has 2 nitrogen and oxygen atoms in total. The molecule has 0 fully saturated rings. The Morgan fingerprint density at radius 1 is 0.762 bits per heavy atom. The third-order valence-corrected chi connectivity index (χ3v) is 3.76. The Bertz CT molecular complexity index is 918. The van der Waals surface area contributed by atoms with E-state index in [2.05, 4.69) is 0 Å². The average Bonchev–Trinajstić information content (AvgIpc) is 2.84. The summed E-state index contributed by atoms with van der Waals surface area (Å²) in [4.78, 5) is 0. The van der Waals surface area contributed by atoms with Gasteiger partial charge in [0.1, 0.15) is 11.6 Å². The van der Waals surface area contributed by atoms with Crippen LogP contribution in [0.1, 0.15) is 0 Å². The molecule has 0 aliphatic carbocycles. The normalized spacial score (nSPS) is 11.3. The molecule has 1 heterocycles. The first-order valence-corrected chi connectivity index (χ1v) is 6.73. The van der Waals surface area contributed by atoms with Crippen LogP contribution in [-0.2, 0) is 0 Å². The zero-order chi connectivity index (χ0) is 14.4. The number of para-hydroxylation sites is 2. The van der Waals surface area contributed by atoms with E-state index in [1.54, 1.807) is 0 Å².